The summed E-state index contributed by atoms with van der Waals surface area (Å²) in [6.07, 6.45) is 5.40. The molecule has 22 heavy (non-hydrogen) atoms. The van der Waals surface area contributed by atoms with Gasteiger partial charge in [-0.05, 0) is 25.0 Å². The van der Waals surface area contributed by atoms with Gasteiger partial charge in [0.1, 0.15) is 6.23 Å². The van der Waals surface area contributed by atoms with Crippen molar-refractivity contribution in [1.82, 2.24) is 4.31 Å². The fourth-order valence-electron chi connectivity index (χ4n) is 3.18. The van der Waals surface area contributed by atoms with E-state index in [9.17, 15) is 13.2 Å². The van der Waals surface area contributed by atoms with Gasteiger partial charge in [0.05, 0.1) is 11.0 Å². The maximum absolute atomic E-state index is 12.7. The van der Waals surface area contributed by atoms with Crippen LogP contribution < -0.4 is 0 Å². The third kappa shape index (κ3) is 3.03. The van der Waals surface area contributed by atoms with Crippen LogP contribution in [0.5, 0.6) is 0 Å². The second kappa shape index (κ2) is 6.38. The summed E-state index contributed by atoms with van der Waals surface area (Å²) in [6, 6.07) is 8.09. The van der Waals surface area contributed by atoms with E-state index in [-0.39, 0.29) is 23.3 Å². The number of hydrogen-bond donors (Lipinski definition) is 0. The summed E-state index contributed by atoms with van der Waals surface area (Å²) >= 11 is 0. The summed E-state index contributed by atoms with van der Waals surface area (Å²) < 4.78 is 32.4. The average molecular weight is 323 g/mol. The summed E-state index contributed by atoms with van der Waals surface area (Å²) in [4.78, 5) is 12.3. The number of rotatable bonds is 4. The number of carbonyl (C=O) groups is 1. The fourth-order valence-corrected chi connectivity index (χ4v) is 4.73. The van der Waals surface area contributed by atoms with Gasteiger partial charge in [0.25, 0.3) is 10.0 Å². The van der Waals surface area contributed by atoms with Crippen molar-refractivity contribution in [2.24, 2.45) is 0 Å². The first-order valence-corrected chi connectivity index (χ1v) is 9.31. The molecule has 1 aliphatic carbocycles. The molecule has 0 spiro atoms. The predicted octanol–water partition coefficient (Wildman–Crippen LogP) is 2.67. The quantitative estimate of drug-likeness (QED) is 0.854. The molecule has 5 nitrogen and oxygen atoms in total. The Balaban J connectivity index is 1.81. The van der Waals surface area contributed by atoms with Gasteiger partial charge in [0.2, 0.25) is 5.91 Å². The number of carbonyl (C=O) groups excluding carboxylic acids is 1. The van der Waals surface area contributed by atoms with E-state index >= 15 is 0 Å². The van der Waals surface area contributed by atoms with E-state index in [2.05, 4.69) is 0 Å². The molecule has 1 atom stereocenters. The summed E-state index contributed by atoms with van der Waals surface area (Å²) in [5.41, 5.74) is 0. The first-order chi connectivity index (χ1) is 10.6. The molecule has 2 aliphatic rings. The molecule has 1 saturated heterocycles. The van der Waals surface area contributed by atoms with Gasteiger partial charge in [0, 0.05) is 12.8 Å². The van der Waals surface area contributed by atoms with Gasteiger partial charge in [-0.25, -0.2) is 12.7 Å². The molecule has 1 heterocycles. The molecule has 0 N–H and O–H groups in total. The summed E-state index contributed by atoms with van der Waals surface area (Å²) in [5.74, 6) is -0.371. The van der Waals surface area contributed by atoms with Crippen LogP contribution in [0.4, 0.5) is 0 Å². The van der Waals surface area contributed by atoms with Crippen molar-refractivity contribution in [1.29, 1.82) is 0 Å². The maximum Gasteiger partial charge on any atom is 0.268 e. The van der Waals surface area contributed by atoms with Crippen LogP contribution in [0.3, 0.4) is 0 Å². The highest BCUT2D eigenvalue weighted by molar-refractivity contribution is 7.89. The molecule has 1 unspecified atom stereocenters. The maximum atomic E-state index is 12.7. The van der Waals surface area contributed by atoms with Crippen LogP contribution in [0.2, 0.25) is 0 Å². The fraction of sp³-hybridized carbons (Fsp3) is 0.562. The molecular formula is C16H21NO4S. The molecule has 1 aromatic carbocycles. The van der Waals surface area contributed by atoms with Crippen LogP contribution >= 0.6 is 0 Å². The molecule has 1 amide bonds. The zero-order valence-electron chi connectivity index (χ0n) is 12.5. The van der Waals surface area contributed by atoms with Crippen molar-refractivity contribution in [2.45, 2.75) is 62.2 Å². The minimum absolute atomic E-state index is 0.0677. The Morgan fingerprint density at radius 2 is 1.68 bits per heavy atom. The summed E-state index contributed by atoms with van der Waals surface area (Å²) in [7, 11) is -3.83. The number of hydrogen-bond acceptors (Lipinski definition) is 4. The molecule has 0 aromatic heterocycles. The number of benzene rings is 1. The Morgan fingerprint density at radius 1 is 1.00 bits per heavy atom. The minimum Gasteiger partial charge on any atom is -0.354 e. The third-order valence-electron chi connectivity index (χ3n) is 4.31. The van der Waals surface area contributed by atoms with E-state index < -0.39 is 16.3 Å². The molecular weight excluding hydrogens is 302 g/mol. The van der Waals surface area contributed by atoms with Crippen LogP contribution in [-0.2, 0) is 19.6 Å². The van der Waals surface area contributed by atoms with E-state index in [4.69, 9.17) is 4.74 Å². The molecule has 120 valence electrons. The molecule has 3 rings (SSSR count). The molecule has 0 bridgehead atoms. The van der Waals surface area contributed by atoms with Gasteiger partial charge in [-0.1, -0.05) is 37.5 Å². The smallest absolute Gasteiger partial charge is 0.268 e. The van der Waals surface area contributed by atoms with Crippen LogP contribution in [0.1, 0.15) is 44.9 Å². The van der Waals surface area contributed by atoms with Crippen LogP contribution in [0.25, 0.3) is 0 Å². The second-order valence-corrected chi connectivity index (χ2v) is 7.71. The Bertz CT molecular complexity index is 623. The van der Waals surface area contributed by atoms with Crippen LogP contribution in [-0.4, -0.2) is 31.0 Å². The van der Waals surface area contributed by atoms with Crippen molar-refractivity contribution in [3.05, 3.63) is 30.3 Å². The van der Waals surface area contributed by atoms with Crippen molar-refractivity contribution >= 4 is 15.9 Å². The van der Waals surface area contributed by atoms with Crippen molar-refractivity contribution in [3.8, 4) is 0 Å². The van der Waals surface area contributed by atoms with Gasteiger partial charge in [-0.15, -0.1) is 0 Å². The molecule has 2 fully saturated rings. The Morgan fingerprint density at radius 3 is 2.36 bits per heavy atom. The lowest BCUT2D eigenvalue weighted by Crippen LogP contribution is -2.42. The number of nitrogens with zero attached hydrogens (tertiary/aromatic N) is 1. The van der Waals surface area contributed by atoms with E-state index in [1.54, 1.807) is 18.2 Å². The van der Waals surface area contributed by atoms with E-state index in [1.807, 2.05) is 0 Å². The second-order valence-electron chi connectivity index (χ2n) is 5.90. The average Bonchev–Trinajstić information content (AvgIpc) is 2.90. The van der Waals surface area contributed by atoms with E-state index in [1.165, 1.54) is 18.6 Å². The first kappa shape index (κ1) is 15.5. The number of sulfonamides is 1. The zero-order valence-corrected chi connectivity index (χ0v) is 13.3. The Hall–Kier alpha value is -1.40. The van der Waals surface area contributed by atoms with Gasteiger partial charge in [-0.2, -0.15) is 0 Å². The van der Waals surface area contributed by atoms with Crippen molar-refractivity contribution < 1.29 is 17.9 Å². The molecule has 0 radical (unpaired) electrons. The van der Waals surface area contributed by atoms with E-state index in [0.29, 0.717) is 6.42 Å². The highest BCUT2D eigenvalue weighted by Gasteiger charge is 2.42. The summed E-state index contributed by atoms with van der Waals surface area (Å²) in [5, 5.41) is 0. The van der Waals surface area contributed by atoms with Crippen molar-refractivity contribution in [3.63, 3.8) is 0 Å². The highest BCUT2D eigenvalue weighted by Crippen LogP contribution is 2.31. The monoisotopic (exact) mass is 323 g/mol. The molecule has 1 saturated carbocycles. The van der Waals surface area contributed by atoms with Gasteiger partial charge in [-0.3, -0.25) is 4.79 Å². The highest BCUT2D eigenvalue weighted by atomic mass is 32.2. The van der Waals surface area contributed by atoms with Crippen molar-refractivity contribution in [2.75, 3.05) is 0 Å². The lowest BCUT2D eigenvalue weighted by atomic mass is 9.98. The SMILES string of the molecule is O=C1CCC(OC2CCCCC2)N1S(=O)(=O)c1ccccc1. The summed E-state index contributed by atoms with van der Waals surface area (Å²) in [6.45, 7) is 0. The van der Waals surface area contributed by atoms with Crippen LogP contribution in [0.15, 0.2) is 35.2 Å². The lowest BCUT2D eigenvalue weighted by molar-refractivity contribution is -0.131. The lowest BCUT2D eigenvalue weighted by Gasteiger charge is -2.30. The molecule has 1 aliphatic heterocycles. The van der Waals surface area contributed by atoms with Gasteiger partial charge < -0.3 is 4.74 Å². The Kier molecular flexibility index (Phi) is 4.49. The van der Waals surface area contributed by atoms with E-state index in [0.717, 1.165) is 30.0 Å². The first-order valence-electron chi connectivity index (χ1n) is 7.87. The predicted molar refractivity (Wildman–Crippen MR) is 81.5 cm³/mol. The third-order valence-corrected chi connectivity index (χ3v) is 6.14. The topological polar surface area (TPSA) is 63.7 Å². The standard InChI is InChI=1S/C16H21NO4S/c18-15-11-12-16(21-13-7-3-1-4-8-13)17(15)22(19,20)14-9-5-2-6-10-14/h2,5-6,9-10,13,16H,1,3-4,7-8,11-12H2. The zero-order chi connectivity index (χ0) is 15.6. The number of ether oxygens (including phenoxy) is 1. The minimum atomic E-state index is -3.83. The van der Waals surface area contributed by atoms with Gasteiger partial charge in [0.15, 0.2) is 0 Å². The number of amides is 1. The largest absolute Gasteiger partial charge is 0.354 e. The van der Waals surface area contributed by atoms with Gasteiger partial charge >= 0.3 is 0 Å². The molecule has 6 heteroatoms. The normalized spacial score (nSPS) is 23.9. The molecule has 1 aromatic rings. The Labute approximate surface area is 131 Å². The van der Waals surface area contributed by atoms with Crippen LogP contribution in [0, 0.1) is 0 Å².